The largest absolute Gasteiger partial charge is 0.504 e. The Morgan fingerprint density at radius 3 is 1.89 bits per heavy atom. The minimum atomic E-state index is -0.896. The molecule has 1 fully saturated rings. The second-order valence-corrected chi connectivity index (χ2v) is 6.97. The van der Waals surface area contributed by atoms with E-state index in [1.165, 1.54) is 12.1 Å². The summed E-state index contributed by atoms with van der Waals surface area (Å²) in [5.41, 5.74) is 0.505. The Morgan fingerprint density at radius 2 is 1.37 bits per heavy atom. The van der Waals surface area contributed by atoms with Crippen LogP contribution in [0.15, 0.2) is 28.7 Å². The standard InChI is InChI=1S/C20H18O7/c21-13-7-5-11-15(9-3-1-2-4-10(9)20(25)26)12-6-8-14(22)17(24)19(12)27-18(11)16(13)23/h5-10H,1-4H2,(H4-,21,22,23,24,25,26)/p+1. The molecule has 27 heavy (non-hydrogen) atoms. The van der Waals surface area contributed by atoms with E-state index in [1.807, 2.05) is 0 Å². The van der Waals surface area contributed by atoms with Crippen molar-refractivity contribution in [1.82, 2.24) is 0 Å². The SMILES string of the molecule is O=C(O)C1CCCCC1c1c2ccc(O)c(O)c2[o+]c2c(O)c(O)ccc12. The van der Waals surface area contributed by atoms with Gasteiger partial charge in [-0.1, -0.05) is 12.8 Å². The number of hydrogen-bond donors (Lipinski definition) is 5. The fourth-order valence-corrected chi connectivity index (χ4v) is 4.17. The first kappa shape index (κ1) is 17.2. The van der Waals surface area contributed by atoms with Gasteiger partial charge in [0.05, 0.1) is 16.7 Å². The number of hydrogen-bond acceptors (Lipinski definition) is 5. The molecule has 3 aromatic rings. The third-order valence-electron chi connectivity index (χ3n) is 5.46. The molecule has 2 aromatic carbocycles. The molecule has 0 saturated heterocycles. The number of benzene rings is 2. The molecular formula is C20H19O7+. The quantitative estimate of drug-likeness (QED) is 0.261. The molecule has 1 heterocycles. The Bertz CT molecular complexity index is 1010. The Labute approximate surface area is 153 Å². The summed E-state index contributed by atoms with van der Waals surface area (Å²) in [6, 6.07) is 5.78. The van der Waals surface area contributed by atoms with E-state index in [1.54, 1.807) is 12.1 Å². The number of carboxylic acid groups (broad SMARTS) is 1. The highest BCUT2D eigenvalue weighted by molar-refractivity contribution is 6.01. The molecule has 7 heteroatoms. The molecule has 140 valence electrons. The van der Waals surface area contributed by atoms with E-state index < -0.39 is 34.9 Å². The zero-order chi connectivity index (χ0) is 19.3. The molecule has 0 amide bonds. The van der Waals surface area contributed by atoms with Crippen LogP contribution in [-0.4, -0.2) is 31.5 Å². The number of phenolic OH excluding ortho intramolecular Hbond substituents is 4. The van der Waals surface area contributed by atoms with Crippen molar-refractivity contribution in [2.24, 2.45) is 5.92 Å². The first-order valence-electron chi connectivity index (χ1n) is 8.78. The van der Waals surface area contributed by atoms with Gasteiger partial charge in [0, 0.05) is 0 Å². The average molecular weight is 371 g/mol. The molecule has 2 unspecified atom stereocenters. The van der Waals surface area contributed by atoms with Crippen molar-refractivity contribution < 1.29 is 34.7 Å². The molecule has 0 spiro atoms. The van der Waals surface area contributed by atoms with Gasteiger partial charge in [0.15, 0.2) is 11.5 Å². The van der Waals surface area contributed by atoms with Crippen molar-refractivity contribution in [3.05, 3.63) is 29.8 Å². The molecule has 1 aliphatic carbocycles. The fraction of sp³-hybridized carbons (Fsp3) is 0.300. The molecule has 1 aliphatic rings. The topological polar surface area (TPSA) is 130 Å². The average Bonchev–Trinajstić information content (AvgIpc) is 2.66. The third kappa shape index (κ3) is 2.58. The lowest BCUT2D eigenvalue weighted by atomic mass is 9.73. The van der Waals surface area contributed by atoms with Gasteiger partial charge in [-0.05, 0) is 48.6 Å². The molecule has 5 N–H and O–H groups in total. The maximum Gasteiger partial charge on any atom is 0.406 e. The second kappa shape index (κ2) is 6.19. The second-order valence-electron chi connectivity index (χ2n) is 6.97. The van der Waals surface area contributed by atoms with Crippen LogP contribution in [0.3, 0.4) is 0 Å². The Kier molecular flexibility index (Phi) is 3.95. The van der Waals surface area contributed by atoms with Crippen LogP contribution >= 0.6 is 0 Å². The lowest BCUT2D eigenvalue weighted by molar-refractivity contribution is -0.143. The summed E-state index contributed by atoms with van der Waals surface area (Å²) in [5.74, 6) is -3.65. The molecule has 2 atom stereocenters. The highest BCUT2D eigenvalue weighted by Crippen LogP contribution is 2.49. The molecule has 1 aromatic heterocycles. The van der Waals surface area contributed by atoms with Crippen LogP contribution in [0.4, 0.5) is 0 Å². The van der Waals surface area contributed by atoms with Crippen molar-refractivity contribution in [3.8, 4) is 23.0 Å². The minimum Gasteiger partial charge on any atom is -0.504 e. The minimum absolute atomic E-state index is 0.0619. The van der Waals surface area contributed by atoms with Gasteiger partial charge in [-0.15, -0.1) is 0 Å². The normalized spacial score (nSPS) is 20.1. The predicted octanol–water partition coefficient (Wildman–Crippen LogP) is 4.05. The van der Waals surface area contributed by atoms with Crippen LogP contribution in [0.5, 0.6) is 23.0 Å². The van der Waals surface area contributed by atoms with Gasteiger partial charge < -0.3 is 25.5 Å². The molecule has 1 saturated carbocycles. The number of carboxylic acids is 1. The maximum absolute atomic E-state index is 11.9. The molecule has 0 radical (unpaired) electrons. The van der Waals surface area contributed by atoms with Gasteiger partial charge in [0.25, 0.3) is 11.5 Å². The van der Waals surface area contributed by atoms with Gasteiger partial charge >= 0.3 is 17.1 Å². The molecule has 4 rings (SSSR count). The van der Waals surface area contributed by atoms with Crippen molar-refractivity contribution in [1.29, 1.82) is 0 Å². The van der Waals surface area contributed by atoms with Gasteiger partial charge in [-0.25, -0.2) is 0 Å². The molecule has 0 aliphatic heterocycles. The zero-order valence-electron chi connectivity index (χ0n) is 14.3. The van der Waals surface area contributed by atoms with E-state index >= 15 is 0 Å². The smallest absolute Gasteiger partial charge is 0.406 e. The Balaban J connectivity index is 2.14. The van der Waals surface area contributed by atoms with E-state index in [0.29, 0.717) is 29.2 Å². The summed E-state index contributed by atoms with van der Waals surface area (Å²) in [6.07, 6.45) is 2.84. The van der Waals surface area contributed by atoms with E-state index in [-0.39, 0.29) is 17.1 Å². The highest BCUT2D eigenvalue weighted by Gasteiger charge is 2.38. The summed E-state index contributed by atoms with van der Waals surface area (Å²) in [5, 5.41) is 50.9. The summed E-state index contributed by atoms with van der Waals surface area (Å²) in [6.45, 7) is 0. The Morgan fingerprint density at radius 1 is 0.852 bits per heavy atom. The monoisotopic (exact) mass is 371 g/mol. The molecule has 7 nitrogen and oxygen atoms in total. The van der Waals surface area contributed by atoms with Gasteiger partial charge in [0.1, 0.15) is 0 Å². The van der Waals surface area contributed by atoms with Crippen molar-refractivity contribution in [2.45, 2.75) is 31.6 Å². The first-order chi connectivity index (χ1) is 12.9. The van der Waals surface area contributed by atoms with Crippen LogP contribution < -0.4 is 0 Å². The number of aliphatic carboxylic acids is 1. The summed E-state index contributed by atoms with van der Waals surface area (Å²) in [4.78, 5) is 11.9. The van der Waals surface area contributed by atoms with E-state index in [0.717, 1.165) is 12.8 Å². The van der Waals surface area contributed by atoms with Crippen molar-refractivity contribution >= 4 is 27.9 Å². The van der Waals surface area contributed by atoms with Gasteiger partial charge in [-0.2, -0.15) is 4.42 Å². The number of carbonyl (C=O) groups is 1. The lowest BCUT2D eigenvalue weighted by Gasteiger charge is -2.29. The van der Waals surface area contributed by atoms with Crippen LogP contribution in [0, 0.1) is 5.92 Å². The lowest BCUT2D eigenvalue weighted by Crippen LogP contribution is -2.25. The number of fused-ring (bicyclic) bond motifs is 2. The van der Waals surface area contributed by atoms with E-state index in [4.69, 9.17) is 4.42 Å². The van der Waals surface area contributed by atoms with Crippen LogP contribution in [0.1, 0.15) is 37.2 Å². The van der Waals surface area contributed by atoms with Gasteiger partial charge in [-0.3, -0.25) is 4.79 Å². The van der Waals surface area contributed by atoms with Crippen molar-refractivity contribution in [3.63, 3.8) is 0 Å². The van der Waals surface area contributed by atoms with Crippen LogP contribution in [0.25, 0.3) is 21.9 Å². The van der Waals surface area contributed by atoms with Crippen molar-refractivity contribution in [2.75, 3.05) is 0 Å². The highest BCUT2D eigenvalue weighted by atomic mass is 16.4. The summed E-state index contributed by atoms with van der Waals surface area (Å²) in [7, 11) is 0. The summed E-state index contributed by atoms with van der Waals surface area (Å²) < 4.78 is 5.63. The molecule has 0 bridgehead atoms. The number of aromatic hydroxyl groups is 4. The maximum atomic E-state index is 11.9. The first-order valence-corrected chi connectivity index (χ1v) is 8.78. The molecular weight excluding hydrogens is 352 g/mol. The van der Waals surface area contributed by atoms with Gasteiger partial charge in [0.2, 0.25) is 0 Å². The van der Waals surface area contributed by atoms with E-state index in [9.17, 15) is 30.3 Å². The Hall–Kier alpha value is -3.22. The predicted molar refractivity (Wildman–Crippen MR) is 97.1 cm³/mol. The van der Waals surface area contributed by atoms with Crippen LogP contribution in [-0.2, 0) is 4.79 Å². The summed E-state index contributed by atoms with van der Waals surface area (Å²) >= 11 is 0. The number of phenols is 4. The zero-order valence-corrected chi connectivity index (χ0v) is 14.3. The third-order valence-corrected chi connectivity index (χ3v) is 5.46. The van der Waals surface area contributed by atoms with E-state index in [2.05, 4.69) is 0 Å². The van der Waals surface area contributed by atoms with Crippen LogP contribution in [0.2, 0.25) is 0 Å². The fourth-order valence-electron chi connectivity index (χ4n) is 4.17. The number of rotatable bonds is 2.